The summed E-state index contributed by atoms with van der Waals surface area (Å²) in [6.07, 6.45) is -25.8. The third-order valence-electron chi connectivity index (χ3n) is 2.86. The molecule has 0 amide bonds. The van der Waals surface area contributed by atoms with E-state index in [1.165, 1.54) is 0 Å². The van der Waals surface area contributed by atoms with Crippen LogP contribution in [0.25, 0.3) is 0 Å². The molecule has 0 saturated heterocycles. The Hall–Kier alpha value is -1.55. The summed E-state index contributed by atoms with van der Waals surface area (Å²) in [7, 11) is 0. The van der Waals surface area contributed by atoms with Crippen LogP contribution in [-0.4, -0.2) is 18.5 Å². The Morgan fingerprint density at radius 3 is 1.45 bits per heavy atom. The zero-order valence-electron chi connectivity index (χ0n) is 10.0. The van der Waals surface area contributed by atoms with Crippen molar-refractivity contribution in [1.82, 2.24) is 0 Å². The summed E-state index contributed by atoms with van der Waals surface area (Å²) >= 11 is 0. The van der Waals surface area contributed by atoms with Gasteiger partial charge in [-0.15, -0.1) is 0 Å². The molecule has 0 spiro atoms. The van der Waals surface area contributed by atoms with Crippen molar-refractivity contribution in [3.63, 3.8) is 0 Å². The Bertz CT molecular complexity index is 486. The standard InChI is InChI=1S/C11H5F11/c12-6-3-1-2-5(4-6)7(13)8(9(14,15)16,10(17,18)19)11(20,21)22/h1-4,7H. The van der Waals surface area contributed by atoms with E-state index < -0.39 is 41.5 Å². The number of hydrogen-bond acceptors (Lipinski definition) is 0. The molecule has 0 fully saturated rings. The monoisotopic (exact) mass is 346 g/mol. The highest BCUT2D eigenvalue weighted by atomic mass is 19.4. The topological polar surface area (TPSA) is 0 Å². The fraction of sp³-hybridized carbons (Fsp3) is 0.455. The second kappa shape index (κ2) is 5.27. The molecule has 0 saturated carbocycles. The summed E-state index contributed by atoms with van der Waals surface area (Å²) in [5.41, 5.74) is -8.40. The van der Waals surface area contributed by atoms with Crippen LogP contribution in [0.2, 0.25) is 0 Å². The van der Waals surface area contributed by atoms with Gasteiger partial charge in [0.05, 0.1) is 0 Å². The summed E-state index contributed by atoms with van der Waals surface area (Å²) in [6, 6.07) is 1.05. The fourth-order valence-electron chi connectivity index (χ4n) is 1.83. The lowest BCUT2D eigenvalue weighted by Gasteiger charge is -2.40. The molecule has 11 heteroatoms. The second-order valence-electron chi connectivity index (χ2n) is 4.22. The summed E-state index contributed by atoms with van der Waals surface area (Å²) in [5.74, 6) is -1.49. The Morgan fingerprint density at radius 2 is 1.14 bits per heavy atom. The van der Waals surface area contributed by atoms with Gasteiger partial charge in [0, 0.05) is 0 Å². The first kappa shape index (κ1) is 18.5. The molecular weight excluding hydrogens is 341 g/mol. The van der Waals surface area contributed by atoms with Gasteiger partial charge in [0.15, 0.2) is 6.17 Å². The highest BCUT2D eigenvalue weighted by Crippen LogP contribution is 2.66. The van der Waals surface area contributed by atoms with Crippen LogP contribution in [0.3, 0.4) is 0 Å². The molecule has 0 heterocycles. The maximum atomic E-state index is 13.8. The van der Waals surface area contributed by atoms with Gasteiger partial charge in [0.2, 0.25) is 0 Å². The van der Waals surface area contributed by atoms with Crippen molar-refractivity contribution >= 4 is 0 Å². The molecule has 0 aliphatic heterocycles. The first-order valence-electron chi connectivity index (χ1n) is 5.26. The van der Waals surface area contributed by atoms with Crippen LogP contribution < -0.4 is 0 Å². The molecule has 0 aliphatic rings. The molecule has 1 aromatic carbocycles. The first-order valence-corrected chi connectivity index (χ1v) is 5.26. The van der Waals surface area contributed by atoms with E-state index in [9.17, 15) is 48.3 Å². The third kappa shape index (κ3) is 2.72. The van der Waals surface area contributed by atoms with Gasteiger partial charge in [0.1, 0.15) is 5.82 Å². The lowest BCUT2D eigenvalue weighted by Crippen LogP contribution is -2.62. The van der Waals surface area contributed by atoms with E-state index in [4.69, 9.17) is 0 Å². The quantitative estimate of drug-likeness (QED) is 0.620. The molecule has 1 atom stereocenters. The minimum absolute atomic E-state index is 0.164. The van der Waals surface area contributed by atoms with Crippen LogP contribution in [0.4, 0.5) is 48.3 Å². The second-order valence-corrected chi connectivity index (χ2v) is 4.22. The van der Waals surface area contributed by atoms with E-state index in [1.807, 2.05) is 0 Å². The summed E-state index contributed by atoms with van der Waals surface area (Å²) in [6.45, 7) is 0. The lowest BCUT2D eigenvalue weighted by molar-refractivity contribution is -0.443. The molecule has 0 aromatic heterocycles. The lowest BCUT2D eigenvalue weighted by atomic mass is 9.77. The van der Waals surface area contributed by atoms with Crippen molar-refractivity contribution in [3.8, 4) is 0 Å². The van der Waals surface area contributed by atoms with Crippen LogP contribution in [-0.2, 0) is 0 Å². The minimum Gasteiger partial charge on any atom is -0.241 e. The molecule has 1 aromatic rings. The molecular formula is C11H5F11. The summed E-state index contributed by atoms with van der Waals surface area (Å²) < 4.78 is 140. The highest BCUT2D eigenvalue weighted by Gasteiger charge is 2.87. The van der Waals surface area contributed by atoms with Crippen molar-refractivity contribution in [2.45, 2.75) is 24.7 Å². The van der Waals surface area contributed by atoms with Crippen LogP contribution in [0, 0.1) is 11.2 Å². The smallest absolute Gasteiger partial charge is 0.241 e. The molecule has 0 N–H and O–H groups in total. The zero-order chi connectivity index (χ0) is 17.6. The Labute approximate surface area is 115 Å². The van der Waals surface area contributed by atoms with Crippen LogP contribution in [0.5, 0.6) is 0 Å². The highest BCUT2D eigenvalue weighted by molar-refractivity contribution is 5.24. The minimum atomic E-state index is -7.05. The third-order valence-corrected chi connectivity index (χ3v) is 2.86. The maximum absolute atomic E-state index is 13.8. The number of benzene rings is 1. The zero-order valence-corrected chi connectivity index (χ0v) is 10.0. The van der Waals surface area contributed by atoms with Gasteiger partial charge in [-0.05, 0) is 17.7 Å². The van der Waals surface area contributed by atoms with Gasteiger partial charge in [-0.25, -0.2) is 8.78 Å². The van der Waals surface area contributed by atoms with Gasteiger partial charge < -0.3 is 0 Å². The van der Waals surface area contributed by atoms with Crippen molar-refractivity contribution in [2.75, 3.05) is 0 Å². The molecule has 0 nitrogen and oxygen atoms in total. The van der Waals surface area contributed by atoms with Gasteiger partial charge >= 0.3 is 18.5 Å². The van der Waals surface area contributed by atoms with E-state index in [1.54, 1.807) is 0 Å². The molecule has 22 heavy (non-hydrogen) atoms. The number of alkyl halides is 10. The first-order chi connectivity index (χ1) is 9.66. The van der Waals surface area contributed by atoms with Gasteiger partial charge in [-0.1, -0.05) is 12.1 Å². The Morgan fingerprint density at radius 1 is 0.727 bits per heavy atom. The Balaban J connectivity index is 3.71. The van der Waals surface area contributed by atoms with Crippen molar-refractivity contribution in [1.29, 1.82) is 0 Å². The van der Waals surface area contributed by atoms with Crippen molar-refractivity contribution < 1.29 is 48.3 Å². The fourth-order valence-corrected chi connectivity index (χ4v) is 1.83. The molecule has 0 bridgehead atoms. The molecule has 1 unspecified atom stereocenters. The molecule has 0 radical (unpaired) electrons. The van der Waals surface area contributed by atoms with E-state index in [0.717, 1.165) is 0 Å². The van der Waals surface area contributed by atoms with E-state index in [-0.39, 0.29) is 12.1 Å². The predicted octanol–water partition coefficient (Wildman–Crippen LogP) is 5.51. The maximum Gasteiger partial charge on any atom is 0.415 e. The average molecular weight is 346 g/mol. The number of rotatable bonds is 2. The number of halogens is 11. The van der Waals surface area contributed by atoms with Gasteiger partial charge in [-0.2, -0.15) is 39.5 Å². The summed E-state index contributed by atoms with van der Waals surface area (Å²) in [4.78, 5) is 0. The largest absolute Gasteiger partial charge is 0.415 e. The predicted molar refractivity (Wildman–Crippen MR) is 50.8 cm³/mol. The Kier molecular flexibility index (Phi) is 4.43. The summed E-state index contributed by atoms with van der Waals surface area (Å²) in [5, 5.41) is 0. The normalized spacial score (nSPS) is 15.8. The van der Waals surface area contributed by atoms with Gasteiger partial charge in [-0.3, -0.25) is 0 Å². The number of hydrogen-bond donors (Lipinski definition) is 0. The van der Waals surface area contributed by atoms with Crippen LogP contribution in [0.1, 0.15) is 11.7 Å². The van der Waals surface area contributed by atoms with E-state index in [2.05, 4.69) is 0 Å². The molecule has 1 rings (SSSR count). The van der Waals surface area contributed by atoms with E-state index in [0.29, 0.717) is 12.1 Å². The van der Waals surface area contributed by atoms with Crippen molar-refractivity contribution in [3.05, 3.63) is 35.6 Å². The van der Waals surface area contributed by atoms with Crippen LogP contribution >= 0.6 is 0 Å². The molecule has 0 aliphatic carbocycles. The van der Waals surface area contributed by atoms with Crippen LogP contribution in [0.15, 0.2) is 24.3 Å². The SMILES string of the molecule is Fc1cccc(C(F)C(C(F)(F)F)(C(F)(F)F)C(F)(F)F)c1. The van der Waals surface area contributed by atoms with Gasteiger partial charge in [0.25, 0.3) is 5.41 Å². The van der Waals surface area contributed by atoms with Crippen molar-refractivity contribution in [2.24, 2.45) is 5.41 Å². The average Bonchev–Trinajstić information content (AvgIpc) is 2.23. The molecule has 126 valence electrons. The van der Waals surface area contributed by atoms with E-state index >= 15 is 0 Å².